The van der Waals surface area contributed by atoms with Crippen LogP contribution in [0.1, 0.15) is 18.1 Å². The van der Waals surface area contributed by atoms with Crippen molar-refractivity contribution in [3.63, 3.8) is 0 Å². The van der Waals surface area contributed by atoms with Crippen LogP contribution in [0.2, 0.25) is 0 Å². The summed E-state index contributed by atoms with van der Waals surface area (Å²) in [4.78, 5) is 11.4. The minimum absolute atomic E-state index is 0.0593. The summed E-state index contributed by atoms with van der Waals surface area (Å²) in [5.74, 6) is 0.289. The number of ether oxygens (including phenoxy) is 2. The van der Waals surface area contributed by atoms with Gasteiger partial charge in [-0.1, -0.05) is 42.0 Å². The monoisotopic (exact) mass is 326 g/mol. The fourth-order valence-electron chi connectivity index (χ4n) is 2.24. The van der Waals surface area contributed by atoms with E-state index in [-0.39, 0.29) is 19.2 Å². The zero-order valence-electron chi connectivity index (χ0n) is 14.0. The molecule has 0 aliphatic heterocycles. The van der Waals surface area contributed by atoms with E-state index in [2.05, 4.69) is 0 Å². The molecule has 0 spiro atoms. The van der Waals surface area contributed by atoms with Gasteiger partial charge in [0.1, 0.15) is 12.4 Å². The van der Waals surface area contributed by atoms with Gasteiger partial charge in [0.25, 0.3) is 0 Å². The minimum atomic E-state index is -0.377. The van der Waals surface area contributed by atoms with Crippen LogP contribution in [0.5, 0.6) is 5.75 Å². The van der Waals surface area contributed by atoms with Gasteiger partial charge in [-0.05, 0) is 37.1 Å². The molecule has 24 heavy (non-hydrogen) atoms. The van der Waals surface area contributed by atoms with Crippen molar-refractivity contribution in [1.29, 1.82) is 0 Å². The molecule has 0 amide bonds. The van der Waals surface area contributed by atoms with Crippen LogP contribution in [-0.4, -0.2) is 30.9 Å². The average molecular weight is 326 g/mol. The Morgan fingerprint density at radius 2 is 1.92 bits per heavy atom. The van der Waals surface area contributed by atoms with E-state index in [4.69, 9.17) is 14.6 Å². The van der Waals surface area contributed by atoms with Gasteiger partial charge in [0.15, 0.2) is 0 Å². The summed E-state index contributed by atoms with van der Waals surface area (Å²) in [7, 11) is 0. The minimum Gasteiger partial charge on any atom is -0.491 e. The SMILES string of the molecule is CCOC(=O)/C=C/c1ccc(-c2ccc(C)cc2)c(OCCO)c1. The number of aliphatic hydroxyl groups is 1. The van der Waals surface area contributed by atoms with Gasteiger partial charge < -0.3 is 14.6 Å². The Bertz CT molecular complexity index is 702. The van der Waals surface area contributed by atoms with Crippen LogP contribution in [-0.2, 0) is 9.53 Å². The van der Waals surface area contributed by atoms with E-state index >= 15 is 0 Å². The van der Waals surface area contributed by atoms with Crippen molar-refractivity contribution in [3.05, 3.63) is 59.7 Å². The molecule has 0 radical (unpaired) electrons. The van der Waals surface area contributed by atoms with Gasteiger partial charge in [0, 0.05) is 11.6 Å². The van der Waals surface area contributed by atoms with E-state index in [9.17, 15) is 4.79 Å². The van der Waals surface area contributed by atoms with Gasteiger partial charge in [-0.2, -0.15) is 0 Å². The molecule has 0 unspecified atom stereocenters. The van der Waals surface area contributed by atoms with E-state index in [1.165, 1.54) is 11.6 Å². The first kappa shape index (κ1) is 17.8. The maximum atomic E-state index is 11.4. The van der Waals surface area contributed by atoms with E-state index in [0.717, 1.165) is 16.7 Å². The third-order valence-electron chi connectivity index (χ3n) is 3.42. The van der Waals surface area contributed by atoms with Crippen LogP contribution in [0.4, 0.5) is 0 Å². The number of aliphatic hydroxyl groups excluding tert-OH is 1. The summed E-state index contributed by atoms with van der Waals surface area (Å²) in [6.45, 7) is 4.31. The number of carbonyl (C=O) groups is 1. The first-order valence-corrected chi connectivity index (χ1v) is 7.93. The van der Waals surface area contributed by atoms with Crippen molar-refractivity contribution in [1.82, 2.24) is 0 Å². The van der Waals surface area contributed by atoms with Crippen LogP contribution in [0.25, 0.3) is 17.2 Å². The van der Waals surface area contributed by atoms with Crippen LogP contribution < -0.4 is 4.74 Å². The van der Waals surface area contributed by atoms with Gasteiger partial charge in [0.05, 0.1) is 13.2 Å². The Morgan fingerprint density at radius 3 is 2.58 bits per heavy atom. The molecule has 0 fully saturated rings. The Labute approximate surface area is 142 Å². The number of hydrogen-bond donors (Lipinski definition) is 1. The third kappa shape index (κ3) is 4.96. The predicted octanol–water partition coefficient (Wildman–Crippen LogP) is 3.61. The Morgan fingerprint density at radius 1 is 1.17 bits per heavy atom. The van der Waals surface area contributed by atoms with Gasteiger partial charge in [-0.15, -0.1) is 0 Å². The summed E-state index contributed by atoms with van der Waals surface area (Å²) in [5, 5.41) is 9.03. The van der Waals surface area contributed by atoms with Crippen molar-refractivity contribution in [2.45, 2.75) is 13.8 Å². The maximum absolute atomic E-state index is 11.4. The quantitative estimate of drug-likeness (QED) is 0.624. The second kappa shape index (κ2) is 8.89. The first-order chi connectivity index (χ1) is 11.6. The second-order valence-corrected chi connectivity index (χ2v) is 5.28. The second-order valence-electron chi connectivity index (χ2n) is 5.28. The lowest BCUT2D eigenvalue weighted by Gasteiger charge is -2.12. The molecule has 0 aromatic heterocycles. The molecule has 0 saturated heterocycles. The lowest BCUT2D eigenvalue weighted by Crippen LogP contribution is -2.03. The Hall–Kier alpha value is -2.59. The van der Waals surface area contributed by atoms with Gasteiger partial charge in [-0.3, -0.25) is 0 Å². The summed E-state index contributed by atoms with van der Waals surface area (Å²) >= 11 is 0. The molecule has 0 heterocycles. The zero-order valence-corrected chi connectivity index (χ0v) is 14.0. The van der Waals surface area contributed by atoms with Crippen LogP contribution in [0.15, 0.2) is 48.5 Å². The summed E-state index contributed by atoms with van der Waals surface area (Å²) < 4.78 is 10.5. The zero-order chi connectivity index (χ0) is 17.4. The van der Waals surface area contributed by atoms with E-state index < -0.39 is 0 Å². The van der Waals surface area contributed by atoms with Crippen molar-refractivity contribution >= 4 is 12.0 Å². The molecule has 2 aromatic rings. The Balaban J connectivity index is 2.31. The molecular weight excluding hydrogens is 304 g/mol. The largest absolute Gasteiger partial charge is 0.491 e. The summed E-state index contributed by atoms with van der Waals surface area (Å²) in [6.07, 6.45) is 3.07. The van der Waals surface area contributed by atoms with Crippen molar-refractivity contribution in [3.8, 4) is 16.9 Å². The predicted molar refractivity (Wildman–Crippen MR) is 94.9 cm³/mol. The van der Waals surface area contributed by atoms with Gasteiger partial charge in [0.2, 0.25) is 0 Å². The Kier molecular flexibility index (Phi) is 6.58. The van der Waals surface area contributed by atoms with E-state index in [1.807, 2.05) is 49.4 Å². The molecule has 4 heteroatoms. The molecule has 2 aromatic carbocycles. The highest BCUT2D eigenvalue weighted by Gasteiger charge is 2.07. The fraction of sp³-hybridized carbons (Fsp3) is 0.250. The number of esters is 1. The van der Waals surface area contributed by atoms with Gasteiger partial charge in [-0.25, -0.2) is 4.79 Å². The van der Waals surface area contributed by atoms with Crippen molar-refractivity contribution in [2.24, 2.45) is 0 Å². The van der Waals surface area contributed by atoms with Crippen molar-refractivity contribution in [2.75, 3.05) is 19.8 Å². The lowest BCUT2D eigenvalue weighted by molar-refractivity contribution is -0.137. The lowest BCUT2D eigenvalue weighted by atomic mass is 10.0. The molecule has 2 rings (SSSR count). The molecule has 0 aliphatic rings. The molecule has 0 bridgehead atoms. The molecule has 4 nitrogen and oxygen atoms in total. The fourth-order valence-corrected chi connectivity index (χ4v) is 2.24. The molecule has 0 aliphatic carbocycles. The van der Waals surface area contributed by atoms with E-state index in [1.54, 1.807) is 13.0 Å². The number of rotatable bonds is 7. The number of carbonyl (C=O) groups excluding carboxylic acids is 1. The normalized spacial score (nSPS) is 10.8. The number of benzene rings is 2. The molecule has 0 atom stereocenters. The number of hydrogen-bond acceptors (Lipinski definition) is 4. The molecular formula is C20H22O4. The van der Waals surface area contributed by atoms with Crippen LogP contribution >= 0.6 is 0 Å². The molecule has 0 saturated carbocycles. The summed E-state index contributed by atoms with van der Waals surface area (Å²) in [5.41, 5.74) is 3.99. The molecule has 126 valence electrons. The highest BCUT2D eigenvalue weighted by atomic mass is 16.5. The van der Waals surface area contributed by atoms with E-state index in [0.29, 0.717) is 12.4 Å². The average Bonchev–Trinajstić information content (AvgIpc) is 2.59. The van der Waals surface area contributed by atoms with Crippen LogP contribution in [0.3, 0.4) is 0 Å². The van der Waals surface area contributed by atoms with Gasteiger partial charge >= 0.3 is 5.97 Å². The number of aryl methyl sites for hydroxylation is 1. The maximum Gasteiger partial charge on any atom is 0.330 e. The summed E-state index contributed by atoms with van der Waals surface area (Å²) in [6, 6.07) is 13.9. The smallest absolute Gasteiger partial charge is 0.330 e. The standard InChI is InChI=1S/C20H22O4/c1-3-23-20(22)11-7-16-6-10-18(19(14-16)24-13-12-21)17-8-4-15(2)5-9-17/h4-11,14,21H,3,12-13H2,1-2H3/b11-7+. The topological polar surface area (TPSA) is 55.8 Å². The first-order valence-electron chi connectivity index (χ1n) is 7.93. The van der Waals surface area contributed by atoms with Crippen molar-refractivity contribution < 1.29 is 19.4 Å². The third-order valence-corrected chi connectivity index (χ3v) is 3.42. The van der Waals surface area contributed by atoms with Crippen LogP contribution in [0, 0.1) is 6.92 Å². The highest BCUT2D eigenvalue weighted by Crippen LogP contribution is 2.31. The molecule has 1 N–H and O–H groups in total. The highest BCUT2D eigenvalue weighted by molar-refractivity contribution is 5.87.